The summed E-state index contributed by atoms with van der Waals surface area (Å²) in [7, 11) is 2.17. The van der Waals surface area contributed by atoms with E-state index in [2.05, 4.69) is 60.5 Å². The highest BCUT2D eigenvalue weighted by molar-refractivity contribution is 5.69. The molecule has 0 atom stereocenters. The van der Waals surface area contributed by atoms with Crippen LogP contribution in [0, 0.1) is 0 Å². The molecule has 1 aliphatic heterocycles. The molecule has 0 aromatic heterocycles. The molecule has 0 N–H and O–H groups in total. The summed E-state index contributed by atoms with van der Waals surface area (Å²) in [5, 5.41) is 0. The number of aryl methyl sites for hydroxylation is 2. The van der Waals surface area contributed by atoms with Gasteiger partial charge in [-0.25, -0.2) is 0 Å². The van der Waals surface area contributed by atoms with E-state index >= 15 is 0 Å². The summed E-state index contributed by atoms with van der Waals surface area (Å²) < 4.78 is 0. The van der Waals surface area contributed by atoms with Gasteiger partial charge in [-0.05, 0) is 42.5 Å². The minimum absolute atomic E-state index is 1.18. The van der Waals surface area contributed by atoms with Gasteiger partial charge in [-0.15, -0.1) is 0 Å². The van der Waals surface area contributed by atoms with Gasteiger partial charge in [0.05, 0.1) is 0 Å². The van der Waals surface area contributed by atoms with E-state index in [0.717, 1.165) is 0 Å². The fraction of sp³-hybridized carbons (Fsp3) is 0.250. The van der Waals surface area contributed by atoms with Gasteiger partial charge in [0.2, 0.25) is 0 Å². The smallest absolute Gasteiger partial charge is 0.0440 e. The lowest BCUT2D eigenvalue weighted by molar-refractivity contribution is 0.807. The van der Waals surface area contributed by atoms with Gasteiger partial charge < -0.3 is 4.90 Å². The number of hydrogen-bond donors (Lipinski definition) is 0. The van der Waals surface area contributed by atoms with Gasteiger partial charge in [-0.1, -0.05) is 36.4 Å². The first-order valence-corrected chi connectivity index (χ1v) is 6.26. The Hall–Kier alpha value is -1.76. The molecule has 0 amide bonds. The van der Waals surface area contributed by atoms with Crippen molar-refractivity contribution in [3.63, 3.8) is 0 Å². The van der Waals surface area contributed by atoms with E-state index in [1.807, 2.05) is 0 Å². The SMILES string of the molecule is CN1c2ccccc2CCCc2ccccc21. The first-order valence-electron chi connectivity index (χ1n) is 6.26. The molecule has 2 aromatic carbocycles. The predicted octanol–water partition coefficient (Wildman–Crippen LogP) is 3.94. The summed E-state index contributed by atoms with van der Waals surface area (Å²) in [5.74, 6) is 0. The van der Waals surface area contributed by atoms with Gasteiger partial charge in [0.25, 0.3) is 0 Å². The Bertz CT molecular complexity index is 483. The van der Waals surface area contributed by atoms with Crippen molar-refractivity contribution >= 4 is 11.4 Å². The Kier molecular flexibility index (Phi) is 2.60. The van der Waals surface area contributed by atoms with Crippen LogP contribution in [0.2, 0.25) is 0 Å². The van der Waals surface area contributed by atoms with Crippen molar-refractivity contribution in [2.75, 3.05) is 11.9 Å². The van der Waals surface area contributed by atoms with Crippen LogP contribution in [0.25, 0.3) is 0 Å². The van der Waals surface area contributed by atoms with Crippen LogP contribution in [0.15, 0.2) is 48.5 Å². The highest BCUT2D eigenvalue weighted by Crippen LogP contribution is 2.33. The third-order valence-corrected chi connectivity index (χ3v) is 3.60. The summed E-state index contributed by atoms with van der Waals surface area (Å²) in [6, 6.07) is 17.5. The zero-order valence-electron chi connectivity index (χ0n) is 10.2. The van der Waals surface area contributed by atoms with Crippen molar-refractivity contribution in [1.29, 1.82) is 0 Å². The molecule has 1 heteroatoms. The second kappa shape index (κ2) is 4.25. The second-order valence-electron chi connectivity index (χ2n) is 4.67. The molecule has 0 saturated carbocycles. The van der Waals surface area contributed by atoms with Crippen molar-refractivity contribution in [2.45, 2.75) is 19.3 Å². The van der Waals surface area contributed by atoms with Crippen molar-refractivity contribution in [3.05, 3.63) is 59.7 Å². The van der Waals surface area contributed by atoms with Gasteiger partial charge in [0.15, 0.2) is 0 Å². The van der Waals surface area contributed by atoms with Crippen LogP contribution in [-0.4, -0.2) is 7.05 Å². The molecule has 86 valence electrons. The highest BCUT2D eigenvalue weighted by atomic mass is 15.1. The lowest BCUT2D eigenvalue weighted by Crippen LogP contribution is -2.15. The Labute approximate surface area is 103 Å². The third-order valence-electron chi connectivity index (χ3n) is 3.60. The van der Waals surface area contributed by atoms with E-state index < -0.39 is 0 Å². The summed E-state index contributed by atoms with van der Waals surface area (Å²) in [6.45, 7) is 0. The van der Waals surface area contributed by atoms with E-state index in [1.165, 1.54) is 41.8 Å². The molecule has 0 bridgehead atoms. The minimum atomic E-state index is 1.18. The molecule has 1 heterocycles. The first kappa shape index (κ1) is 10.4. The average molecular weight is 223 g/mol. The van der Waals surface area contributed by atoms with E-state index in [1.54, 1.807) is 0 Å². The summed E-state index contributed by atoms with van der Waals surface area (Å²) in [4.78, 5) is 2.32. The number of hydrogen-bond acceptors (Lipinski definition) is 1. The van der Waals surface area contributed by atoms with Crippen LogP contribution in [-0.2, 0) is 12.8 Å². The number of nitrogens with zero attached hydrogens (tertiary/aromatic N) is 1. The molecule has 0 radical (unpaired) electrons. The van der Waals surface area contributed by atoms with E-state index in [9.17, 15) is 0 Å². The number of anilines is 2. The standard InChI is InChI=1S/C16H17N/c1-17-15-11-4-2-7-13(15)9-6-10-14-8-3-5-12-16(14)17/h2-5,7-8,11-12H,6,9-10H2,1H3. The van der Waals surface area contributed by atoms with Crippen molar-refractivity contribution in [1.82, 2.24) is 0 Å². The second-order valence-corrected chi connectivity index (χ2v) is 4.67. The van der Waals surface area contributed by atoms with Gasteiger partial charge >= 0.3 is 0 Å². The van der Waals surface area contributed by atoms with Crippen LogP contribution >= 0.6 is 0 Å². The van der Waals surface area contributed by atoms with Crippen LogP contribution < -0.4 is 4.90 Å². The summed E-state index contributed by atoms with van der Waals surface area (Å²) in [5.41, 5.74) is 5.62. The van der Waals surface area contributed by atoms with E-state index in [0.29, 0.717) is 0 Å². The zero-order chi connectivity index (χ0) is 11.7. The molecular weight excluding hydrogens is 206 g/mol. The topological polar surface area (TPSA) is 3.24 Å². The quantitative estimate of drug-likeness (QED) is 0.653. The van der Waals surface area contributed by atoms with Crippen molar-refractivity contribution in [3.8, 4) is 0 Å². The van der Waals surface area contributed by atoms with Crippen LogP contribution in [0.5, 0.6) is 0 Å². The number of fused-ring (bicyclic) bond motifs is 2. The predicted molar refractivity (Wildman–Crippen MR) is 73.0 cm³/mol. The van der Waals surface area contributed by atoms with Gasteiger partial charge in [0, 0.05) is 18.4 Å². The molecule has 0 aliphatic carbocycles. The highest BCUT2D eigenvalue weighted by Gasteiger charge is 2.14. The Morgan fingerprint density at radius 1 is 0.765 bits per heavy atom. The monoisotopic (exact) mass is 223 g/mol. The third kappa shape index (κ3) is 1.82. The Balaban J connectivity index is 2.15. The van der Waals surface area contributed by atoms with Gasteiger partial charge in [-0.2, -0.15) is 0 Å². The summed E-state index contributed by atoms with van der Waals surface area (Å²) >= 11 is 0. The minimum Gasteiger partial charge on any atom is -0.344 e. The lowest BCUT2D eigenvalue weighted by atomic mass is 9.97. The fourth-order valence-corrected chi connectivity index (χ4v) is 2.70. The van der Waals surface area contributed by atoms with Gasteiger partial charge in [-0.3, -0.25) is 0 Å². The molecule has 0 spiro atoms. The van der Waals surface area contributed by atoms with E-state index in [-0.39, 0.29) is 0 Å². The maximum Gasteiger partial charge on any atom is 0.0440 e. The average Bonchev–Trinajstić information content (AvgIpc) is 2.37. The largest absolute Gasteiger partial charge is 0.344 e. The molecule has 0 saturated heterocycles. The molecule has 0 fully saturated rings. The zero-order valence-corrected chi connectivity index (χ0v) is 10.2. The molecule has 17 heavy (non-hydrogen) atoms. The van der Waals surface area contributed by atoms with Crippen LogP contribution in [0.4, 0.5) is 11.4 Å². The summed E-state index contributed by atoms with van der Waals surface area (Å²) in [6.07, 6.45) is 3.59. The molecular formula is C16H17N. The number of benzene rings is 2. The Morgan fingerprint density at radius 2 is 1.24 bits per heavy atom. The molecule has 2 aromatic rings. The van der Waals surface area contributed by atoms with Crippen LogP contribution in [0.3, 0.4) is 0 Å². The molecule has 0 unspecified atom stereocenters. The number of para-hydroxylation sites is 2. The fourth-order valence-electron chi connectivity index (χ4n) is 2.70. The molecule has 1 nitrogen and oxygen atoms in total. The first-order chi connectivity index (χ1) is 8.36. The van der Waals surface area contributed by atoms with Gasteiger partial charge in [0.1, 0.15) is 0 Å². The van der Waals surface area contributed by atoms with Crippen molar-refractivity contribution in [2.24, 2.45) is 0 Å². The van der Waals surface area contributed by atoms with Crippen LogP contribution in [0.1, 0.15) is 17.5 Å². The maximum atomic E-state index is 2.32. The Morgan fingerprint density at radius 3 is 1.76 bits per heavy atom. The number of rotatable bonds is 0. The molecule has 1 aliphatic rings. The lowest BCUT2D eigenvalue weighted by Gasteiger charge is -2.27. The normalized spacial score (nSPS) is 14.5. The van der Waals surface area contributed by atoms with E-state index in [4.69, 9.17) is 0 Å². The van der Waals surface area contributed by atoms with Crippen molar-refractivity contribution < 1.29 is 0 Å². The molecule has 3 rings (SSSR count). The maximum absolute atomic E-state index is 2.32.